The summed E-state index contributed by atoms with van der Waals surface area (Å²) < 4.78 is 11.0. The van der Waals surface area contributed by atoms with E-state index in [4.69, 9.17) is 9.15 Å². The molecule has 1 heterocycles. The molecule has 0 fully saturated rings. The molecular weight excluding hydrogens is 336 g/mol. The summed E-state index contributed by atoms with van der Waals surface area (Å²) in [5.41, 5.74) is 0.682. The van der Waals surface area contributed by atoms with Gasteiger partial charge in [-0.15, -0.1) is 0 Å². The molecule has 1 amide bonds. The lowest BCUT2D eigenvalue weighted by Gasteiger charge is -2.06. The van der Waals surface area contributed by atoms with Crippen LogP contribution in [0.15, 0.2) is 34.7 Å². The first-order chi connectivity index (χ1) is 12.5. The van der Waals surface area contributed by atoms with Crippen LogP contribution in [0.3, 0.4) is 0 Å². The number of carbonyl (C=O) groups excluding carboxylic acids is 1. The van der Waals surface area contributed by atoms with Crippen LogP contribution in [0, 0.1) is 17.0 Å². The number of hydrogen-bond donors (Lipinski definition) is 1. The van der Waals surface area contributed by atoms with Crippen molar-refractivity contribution in [3.63, 3.8) is 0 Å². The van der Waals surface area contributed by atoms with E-state index in [-0.39, 0.29) is 29.7 Å². The molecule has 0 radical (unpaired) electrons. The third-order valence-corrected chi connectivity index (χ3v) is 3.88. The number of carbonyl (C=O) groups is 1. The first kappa shape index (κ1) is 19.5. The summed E-state index contributed by atoms with van der Waals surface area (Å²) in [6, 6.07) is 7.95. The average Bonchev–Trinajstić information content (AvgIpc) is 3.09. The molecule has 0 saturated heterocycles. The zero-order chi connectivity index (χ0) is 18.9. The molecule has 1 N–H and O–H groups in total. The monoisotopic (exact) mass is 360 g/mol. The van der Waals surface area contributed by atoms with Gasteiger partial charge in [0, 0.05) is 12.6 Å². The van der Waals surface area contributed by atoms with E-state index in [2.05, 4.69) is 12.2 Å². The zero-order valence-electron chi connectivity index (χ0n) is 15.1. The number of furan rings is 1. The van der Waals surface area contributed by atoms with Crippen molar-refractivity contribution in [2.75, 3.05) is 6.54 Å². The summed E-state index contributed by atoms with van der Waals surface area (Å²) in [4.78, 5) is 22.6. The van der Waals surface area contributed by atoms with Crippen molar-refractivity contribution in [1.29, 1.82) is 0 Å². The molecule has 0 spiro atoms. The van der Waals surface area contributed by atoms with Crippen LogP contribution in [-0.4, -0.2) is 17.4 Å². The molecule has 2 rings (SSSR count). The van der Waals surface area contributed by atoms with Gasteiger partial charge >= 0.3 is 5.69 Å². The summed E-state index contributed by atoms with van der Waals surface area (Å²) in [6.45, 7) is 4.53. The predicted molar refractivity (Wildman–Crippen MR) is 97.3 cm³/mol. The standard InChI is InChI=1S/C19H24N2O5/c1-3-4-5-6-11-20-19(22)18-10-8-15(26-18)13-25-17-9-7-14(2)12-16(17)21(23)24/h7-10,12H,3-6,11,13H2,1-2H3,(H,20,22). The van der Waals surface area contributed by atoms with Crippen LogP contribution >= 0.6 is 0 Å². The molecule has 1 aromatic heterocycles. The molecule has 2 aromatic rings. The molecular formula is C19H24N2O5. The van der Waals surface area contributed by atoms with E-state index in [1.165, 1.54) is 6.07 Å². The molecule has 0 saturated carbocycles. The Balaban J connectivity index is 1.89. The fourth-order valence-electron chi connectivity index (χ4n) is 2.46. The molecule has 7 heteroatoms. The molecule has 0 aliphatic heterocycles. The van der Waals surface area contributed by atoms with Gasteiger partial charge in [0.2, 0.25) is 0 Å². The Kier molecular flexibility index (Phi) is 7.20. The Morgan fingerprint density at radius 1 is 1.23 bits per heavy atom. The first-order valence-electron chi connectivity index (χ1n) is 8.76. The topological polar surface area (TPSA) is 94.6 Å². The van der Waals surface area contributed by atoms with Crippen LogP contribution in [0.1, 0.15) is 54.5 Å². The number of unbranched alkanes of at least 4 members (excludes halogenated alkanes) is 3. The summed E-state index contributed by atoms with van der Waals surface area (Å²) in [5.74, 6) is 0.529. The third-order valence-electron chi connectivity index (χ3n) is 3.88. The molecule has 0 atom stereocenters. The summed E-state index contributed by atoms with van der Waals surface area (Å²) >= 11 is 0. The highest BCUT2D eigenvalue weighted by molar-refractivity contribution is 5.91. The van der Waals surface area contributed by atoms with Gasteiger partial charge in [-0.2, -0.15) is 0 Å². The highest BCUT2D eigenvalue weighted by atomic mass is 16.6. The third kappa shape index (κ3) is 5.61. The van der Waals surface area contributed by atoms with Gasteiger partial charge in [0.25, 0.3) is 5.91 Å². The largest absolute Gasteiger partial charge is 0.479 e. The van der Waals surface area contributed by atoms with Gasteiger partial charge < -0.3 is 14.5 Å². The second kappa shape index (κ2) is 9.60. The minimum Gasteiger partial charge on any atom is -0.479 e. The van der Waals surface area contributed by atoms with E-state index in [1.807, 2.05) is 0 Å². The van der Waals surface area contributed by atoms with Crippen molar-refractivity contribution in [2.24, 2.45) is 0 Å². The highest BCUT2D eigenvalue weighted by Gasteiger charge is 2.16. The quantitative estimate of drug-likeness (QED) is 0.385. The second-order valence-electron chi connectivity index (χ2n) is 6.10. The van der Waals surface area contributed by atoms with Crippen LogP contribution in [-0.2, 0) is 6.61 Å². The Labute approximate surface area is 152 Å². The SMILES string of the molecule is CCCCCCNC(=O)c1ccc(COc2ccc(C)cc2[N+](=O)[O-])o1. The van der Waals surface area contributed by atoms with E-state index < -0.39 is 4.92 Å². The van der Waals surface area contributed by atoms with Crippen molar-refractivity contribution in [3.05, 3.63) is 57.5 Å². The number of ether oxygens (including phenoxy) is 1. The number of nitro benzene ring substituents is 1. The van der Waals surface area contributed by atoms with Crippen molar-refractivity contribution < 1.29 is 18.9 Å². The fraction of sp³-hybridized carbons (Fsp3) is 0.421. The van der Waals surface area contributed by atoms with Crippen LogP contribution < -0.4 is 10.1 Å². The Morgan fingerprint density at radius 2 is 2.04 bits per heavy atom. The lowest BCUT2D eigenvalue weighted by atomic mass is 10.2. The highest BCUT2D eigenvalue weighted by Crippen LogP contribution is 2.28. The fourth-order valence-corrected chi connectivity index (χ4v) is 2.46. The number of rotatable bonds is 10. The lowest BCUT2D eigenvalue weighted by molar-refractivity contribution is -0.386. The number of nitrogens with one attached hydrogen (secondary N) is 1. The molecule has 7 nitrogen and oxygen atoms in total. The minimum atomic E-state index is -0.484. The van der Waals surface area contributed by atoms with Gasteiger partial charge in [-0.05, 0) is 37.1 Å². The lowest BCUT2D eigenvalue weighted by Crippen LogP contribution is -2.23. The van der Waals surface area contributed by atoms with Gasteiger partial charge in [-0.3, -0.25) is 14.9 Å². The van der Waals surface area contributed by atoms with Crippen LogP contribution in [0.5, 0.6) is 5.75 Å². The molecule has 140 valence electrons. The van der Waals surface area contributed by atoms with Gasteiger partial charge in [0.1, 0.15) is 12.4 Å². The number of aryl methyl sites for hydroxylation is 1. The van der Waals surface area contributed by atoms with Crippen molar-refractivity contribution in [1.82, 2.24) is 5.32 Å². The summed E-state index contributed by atoms with van der Waals surface area (Å²) in [5, 5.41) is 13.9. The summed E-state index contributed by atoms with van der Waals surface area (Å²) in [6.07, 6.45) is 4.33. The van der Waals surface area contributed by atoms with E-state index in [0.29, 0.717) is 12.3 Å². The van der Waals surface area contributed by atoms with Gasteiger partial charge in [0.05, 0.1) is 4.92 Å². The number of nitro groups is 1. The van der Waals surface area contributed by atoms with Gasteiger partial charge in [-0.25, -0.2) is 0 Å². The predicted octanol–water partition coefficient (Wildman–Crippen LogP) is 4.39. The maximum Gasteiger partial charge on any atom is 0.311 e. The average molecular weight is 360 g/mol. The van der Waals surface area contributed by atoms with Crippen molar-refractivity contribution in [2.45, 2.75) is 46.1 Å². The normalized spacial score (nSPS) is 10.5. The van der Waals surface area contributed by atoms with E-state index in [0.717, 1.165) is 31.2 Å². The van der Waals surface area contributed by atoms with Crippen molar-refractivity contribution >= 4 is 11.6 Å². The number of hydrogen-bond acceptors (Lipinski definition) is 5. The van der Waals surface area contributed by atoms with E-state index in [1.54, 1.807) is 31.2 Å². The summed E-state index contributed by atoms with van der Waals surface area (Å²) in [7, 11) is 0. The first-order valence-corrected chi connectivity index (χ1v) is 8.76. The van der Waals surface area contributed by atoms with Gasteiger partial charge in [0.15, 0.2) is 11.5 Å². The molecule has 1 aromatic carbocycles. The zero-order valence-corrected chi connectivity index (χ0v) is 15.1. The van der Waals surface area contributed by atoms with E-state index >= 15 is 0 Å². The van der Waals surface area contributed by atoms with Crippen molar-refractivity contribution in [3.8, 4) is 5.75 Å². The number of amides is 1. The Morgan fingerprint density at radius 3 is 2.77 bits per heavy atom. The molecule has 0 bridgehead atoms. The minimum absolute atomic E-state index is 0.00762. The maximum absolute atomic E-state index is 12.0. The molecule has 26 heavy (non-hydrogen) atoms. The molecule has 0 aliphatic rings. The molecule has 0 unspecified atom stereocenters. The second-order valence-corrected chi connectivity index (χ2v) is 6.10. The smallest absolute Gasteiger partial charge is 0.311 e. The molecule has 0 aliphatic carbocycles. The Hall–Kier alpha value is -2.83. The van der Waals surface area contributed by atoms with Crippen LogP contribution in [0.4, 0.5) is 5.69 Å². The van der Waals surface area contributed by atoms with E-state index in [9.17, 15) is 14.9 Å². The van der Waals surface area contributed by atoms with Crippen LogP contribution in [0.25, 0.3) is 0 Å². The maximum atomic E-state index is 12.0. The number of benzene rings is 1. The Bertz CT molecular complexity index is 754. The van der Waals surface area contributed by atoms with Crippen LogP contribution in [0.2, 0.25) is 0 Å². The number of nitrogens with zero attached hydrogens (tertiary/aromatic N) is 1. The van der Waals surface area contributed by atoms with Gasteiger partial charge in [-0.1, -0.05) is 32.3 Å².